The van der Waals surface area contributed by atoms with Crippen molar-refractivity contribution in [1.29, 1.82) is 0 Å². The van der Waals surface area contributed by atoms with Crippen LogP contribution in [0.1, 0.15) is 239 Å². The van der Waals surface area contributed by atoms with Gasteiger partial charge in [0.05, 0.1) is 19.8 Å². The van der Waals surface area contributed by atoms with Crippen molar-refractivity contribution in [2.24, 2.45) is 0 Å². The summed E-state index contributed by atoms with van der Waals surface area (Å²) in [5.74, 6) is -1.61. The standard InChI is InChI=1S/C67H114O16/c1-4-7-10-13-16-19-22-25-27-30-33-36-39-42-45-48-58(70)80-54(51-77-57(69)47-44-41-38-35-32-29-24-21-18-15-12-9-6-3)52-78-66-63(75)62(74)60(72)56(82-66)53-79-67-64(76)65(61(73)55(50-68)81-67)83-59(71)49-46-43-40-37-34-31-28-26-23-20-17-14-11-8-5-2/h7-8,10-11,16-17,19-20,25-28,54-56,60-68,72-76H,4-6,9,12-15,18,21-24,29-53H2,1-3H3/b10-7-,11-8-,19-16-,20-17-,27-25-,28-26-/t54-,55-,56-,60+,61+,62+,63-,64-,65+,66-,67+/m1/s1. The molecule has 16 nitrogen and oxygen atoms in total. The van der Waals surface area contributed by atoms with Crippen LogP contribution in [0.3, 0.4) is 0 Å². The number of hydrogen-bond donors (Lipinski definition) is 6. The summed E-state index contributed by atoms with van der Waals surface area (Å²) in [6.07, 6.45) is 41.2. The van der Waals surface area contributed by atoms with Gasteiger partial charge >= 0.3 is 17.9 Å². The van der Waals surface area contributed by atoms with Crippen LogP contribution in [0.15, 0.2) is 72.9 Å². The maximum Gasteiger partial charge on any atom is 0.306 e. The third-order valence-corrected chi connectivity index (χ3v) is 14.9. The summed E-state index contributed by atoms with van der Waals surface area (Å²) in [6, 6.07) is 0. The molecule has 0 bridgehead atoms. The number of esters is 3. The Morgan fingerprint density at radius 2 is 0.843 bits per heavy atom. The molecule has 0 spiro atoms. The molecule has 0 aromatic heterocycles. The van der Waals surface area contributed by atoms with Crippen LogP contribution in [0.4, 0.5) is 0 Å². The predicted molar refractivity (Wildman–Crippen MR) is 326 cm³/mol. The fourth-order valence-electron chi connectivity index (χ4n) is 9.81. The molecule has 2 aliphatic rings. The van der Waals surface area contributed by atoms with Crippen molar-refractivity contribution in [3.8, 4) is 0 Å². The molecular weight excluding hydrogens is 1060 g/mol. The maximum absolute atomic E-state index is 13.2. The highest BCUT2D eigenvalue weighted by molar-refractivity contribution is 5.70. The van der Waals surface area contributed by atoms with Gasteiger partial charge in [0.1, 0.15) is 49.3 Å². The lowest BCUT2D eigenvalue weighted by Gasteiger charge is -2.43. The second kappa shape index (κ2) is 51.7. The molecule has 0 aromatic carbocycles. The van der Waals surface area contributed by atoms with Gasteiger partial charge in [-0.05, 0) is 83.5 Å². The van der Waals surface area contributed by atoms with Gasteiger partial charge in [-0.25, -0.2) is 0 Å². The highest BCUT2D eigenvalue weighted by Crippen LogP contribution is 2.28. The highest BCUT2D eigenvalue weighted by atomic mass is 16.7. The van der Waals surface area contributed by atoms with Crippen molar-refractivity contribution in [2.45, 2.75) is 307 Å². The van der Waals surface area contributed by atoms with E-state index in [9.17, 15) is 45.0 Å². The predicted octanol–water partition coefficient (Wildman–Crippen LogP) is 12.3. The quantitative estimate of drug-likeness (QED) is 0.0144. The van der Waals surface area contributed by atoms with Crippen molar-refractivity contribution in [3.63, 3.8) is 0 Å². The van der Waals surface area contributed by atoms with Crippen LogP contribution in [-0.4, -0.2) is 142 Å². The first kappa shape index (κ1) is 75.5. The first-order chi connectivity index (χ1) is 40.5. The summed E-state index contributed by atoms with van der Waals surface area (Å²) < 4.78 is 40.0. The van der Waals surface area contributed by atoms with E-state index in [0.717, 1.165) is 122 Å². The Morgan fingerprint density at radius 3 is 1.34 bits per heavy atom. The number of aliphatic hydroxyl groups excluding tert-OH is 6. The Hall–Kier alpha value is -3.55. The number of carbonyl (C=O) groups excluding carboxylic acids is 3. The molecule has 16 heteroatoms. The van der Waals surface area contributed by atoms with E-state index in [4.69, 9.17) is 33.2 Å². The van der Waals surface area contributed by atoms with E-state index < -0.39 is 105 Å². The zero-order valence-electron chi connectivity index (χ0n) is 51.4. The molecule has 2 rings (SSSR count). The summed E-state index contributed by atoms with van der Waals surface area (Å²) in [6.45, 7) is 4.48. The van der Waals surface area contributed by atoms with E-state index >= 15 is 0 Å². The van der Waals surface area contributed by atoms with Crippen molar-refractivity contribution in [3.05, 3.63) is 72.9 Å². The third kappa shape index (κ3) is 37.6. The lowest BCUT2D eigenvalue weighted by Crippen LogP contribution is -2.62. The van der Waals surface area contributed by atoms with Crippen molar-refractivity contribution in [1.82, 2.24) is 0 Å². The second-order valence-corrected chi connectivity index (χ2v) is 22.3. The number of unbranched alkanes of at least 4 members (excludes halogenated alkanes) is 22. The van der Waals surface area contributed by atoms with Crippen LogP contribution in [0.25, 0.3) is 0 Å². The van der Waals surface area contributed by atoms with Crippen LogP contribution < -0.4 is 0 Å². The van der Waals surface area contributed by atoms with E-state index in [0.29, 0.717) is 19.3 Å². The van der Waals surface area contributed by atoms with E-state index in [1.54, 1.807) is 0 Å². The minimum Gasteiger partial charge on any atom is -0.462 e. The highest BCUT2D eigenvalue weighted by Gasteiger charge is 2.49. The minimum absolute atomic E-state index is 0.0486. The van der Waals surface area contributed by atoms with E-state index in [-0.39, 0.29) is 25.9 Å². The third-order valence-electron chi connectivity index (χ3n) is 14.9. The van der Waals surface area contributed by atoms with E-state index in [2.05, 4.69) is 93.7 Å². The molecule has 6 N–H and O–H groups in total. The van der Waals surface area contributed by atoms with Gasteiger partial charge in [-0.2, -0.15) is 0 Å². The lowest BCUT2D eigenvalue weighted by molar-refractivity contribution is -0.333. The first-order valence-corrected chi connectivity index (χ1v) is 32.5. The molecule has 0 saturated carbocycles. The van der Waals surface area contributed by atoms with Crippen LogP contribution in [0, 0.1) is 0 Å². The van der Waals surface area contributed by atoms with Gasteiger partial charge in [0.15, 0.2) is 24.8 Å². The fourth-order valence-corrected chi connectivity index (χ4v) is 9.81. The Bertz CT molecular complexity index is 1780. The molecule has 0 amide bonds. The van der Waals surface area contributed by atoms with Gasteiger partial charge in [0.2, 0.25) is 0 Å². The average molecular weight is 1180 g/mol. The van der Waals surface area contributed by atoms with Crippen LogP contribution >= 0.6 is 0 Å². The molecule has 83 heavy (non-hydrogen) atoms. The molecule has 2 saturated heterocycles. The molecular formula is C67H114O16. The van der Waals surface area contributed by atoms with Gasteiger partial charge in [0, 0.05) is 19.3 Å². The summed E-state index contributed by atoms with van der Waals surface area (Å²) in [4.78, 5) is 39.0. The van der Waals surface area contributed by atoms with E-state index in [1.165, 1.54) is 57.8 Å². The number of aliphatic hydroxyl groups is 6. The van der Waals surface area contributed by atoms with E-state index in [1.807, 2.05) is 0 Å². The summed E-state index contributed by atoms with van der Waals surface area (Å²) in [5.41, 5.74) is 0. The normalized spacial score (nSPS) is 23.7. The molecule has 0 aromatic rings. The summed E-state index contributed by atoms with van der Waals surface area (Å²) in [7, 11) is 0. The molecule has 478 valence electrons. The Labute approximate surface area is 500 Å². The Morgan fingerprint density at radius 1 is 0.422 bits per heavy atom. The molecule has 0 aliphatic carbocycles. The Balaban J connectivity index is 1.91. The number of carbonyl (C=O) groups is 3. The van der Waals surface area contributed by atoms with Crippen molar-refractivity contribution in [2.75, 3.05) is 26.4 Å². The first-order valence-electron chi connectivity index (χ1n) is 32.5. The van der Waals surface area contributed by atoms with Crippen LogP contribution in [0.5, 0.6) is 0 Å². The largest absolute Gasteiger partial charge is 0.462 e. The molecule has 2 aliphatic heterocycles. The number of ether oxygens (including phenoxy) is 7. The number of rotatable bonds is 51. The number of hydrogen-bond acceptors (Lipinski definition) is 16. The zero-order valence-corrected chi connectivity index (χ0v) is 51.4. The topological polar surface area (TPSA) is 237 Å². The minimum atomic E-state index is -1.80. The molecule has 0 unspecified atom stereocenters. The molecule has 2 fully saturated rings. The lowest BCUT2D eigenvalue weighted by atomic mass is 9.98. The maximum atomic E-state index is 13.2. The Kier molecular flexibility index (Phi) is 47.0. The van der Waals surface area contributed by atoms with Crippen LogP contribution in [-0.2, 0) is 47.5 Å². The smallest absolute Gasteiger partial charge is 0.306 e. The molecule has 2 heterocycles. The fraction of sp³-hybridized carbons (Fsp3) is 0.776. The van der Waals surface area contributed by atoms with Gasteiger partial charge < -0.3 is 63.8 Å². The van der Waals surface area contributed by atoms with Crippen molar-refractivity contribution >= 4 is 17.9 Å². The average Bonchev–Trinajstić information content (AvgIpc) is 3.57. The summed E-state index contributed by atoms with van der Waals surface area (Å²) in [5, 5.41) is 65.0. The van der Waals surface area contributed by atoms with Gasteiger partial charge in [0.25, 0.3) is 0 Å². The van der Waals surface area contributed by atoms with Gasteiger partial charge in [-0.1, -0.05) is 209 Å². The zero-order chi connectivity index (χ0) is 60.4. The summed E-state index contributed by atoms with van der Waals surface area (Å²) >= 11 is 0. The molecule has 0 radical (unpaired) electrons. The van der Waals surface area contributed by atoms with Crippen molar-refractivity contribution < 1.29 is 78.2 Å². The second-order valence-electron chi connectivity index (χ2n) is 22.3. The number of allylic oxidation sites excluding steroid dienone is 12. The SMILES string of the molecule is CC/C=C\C/C=C\C/C=C\CCCCCCCC(=O)O[C@H](COC(=O)CCCCCCCCCCCCCCC)CO[C@@H]1O[C@H](CO[C@H]2O[C@H](CO)[C@H](O)[C@H](OC(=O)CCCCCCC/C=C\C/C=C\C/C=C\CC)[C@H]2O)[C@H](O)[C@H](O)[C@H]1O. The van der Waals surface area contributed by atoms with Gasteiger partial charge in [-0.3, -0.25) is 14.4 Å². The monoisotopic (exact) mass is 1170 g/mol. The van der Waals surface area contributed by atoms with Gasteiger partial charge in [-0.15, -0.1) is 0 Å². The molecule has 11 atom stereocenters. The van der Waals surface area contributed by atoms with Crippen LogP contribution in [0.2, 0.25) is 0 Å².